The summed E-state index contributed by atoms with van der Waals surface area (Å²) in [5, 5.41) is 0.266. The van der Waals surface area contributed by atoms with Crippen molar-refractivity contribution in [3.8, 4) is 5.75 Å². The molecule has 0 saturated carbocycles. The molecule has 6 nitrogen and oxygen atoms in total. The number of nitrogens with one attached hydrogen (secondary N) is 1. The van der Waals surface area contributed by atoms with Gasteiger partial charge in [0, 0.05) is 19.6 Å². The number of morpholine rings is 1. The minimum absolute atomic E-state index is 0.0564. The molecule has 0 amide bonds. The molecule has 8 heteroatoms. The molecular formula is C14H21ClN2O4S. The van der Waals surface area contributed by atoms with E-state index in [1.54, 1.807) is 0 Å². The molecule has 0 aliphatic carbocycles. The van der Waals surface area contributed by atoms with Gasteiger partial charge in [-0.2, -0.15) is 0 Å². The summed E-state index contributed by atoms with van der Waals surface area (Å²) >= 11 is 5.96. The molecule has 1 aliphatic heterocycles. The summed E-state index contributed by atoms with van der Waals surface area (Å²) < 4.78 is 37.7. The van der Waals surface area contributed by atoms with Gasteiger partial charge in [-0.1, -0.05) is 11.6 Å². The first-order valence-corrected chi connectivity index (χ1v) is 8.92. The first-order chi connectivity index (χ1) is 10.4. The Morgan fingerprint density at radius 1 is 1.50 bits per heavy atom. The number of likely N-dealkylation sites (N-methyl/N-ethyl adjacent to an activating group) is 1. The number of ether oxygens (including phenoxy) is 2. The van der Waals surface area contributed by atoms with Crippen LogP contribution in [0.5, 0.6) is 5.75 Å². The molecular weight excluding hydrogens is 328 g/mol. The molecule has 1 saturated heterocycles. The highest BCUT2D eigenvalue weighted by Crippen LogP contribution is 2.26. The van der Waals surface area contributed by atoms with Crippen LogP contribution in [-0.4, -0.2) is 59.8 Å². The molecule has 1 fully saturated rings. The van der Waals surface area contributed by atoms with Crippen LogP contribution in [-0.2, 0) is 14.8 Å². The summed E-state index contributed by atoms with van der Waals surface area (Å²) in [6.45, 7) is 2.73. The van der Waals surface area contributed by atoms with Gasteiger partial charge >= 0.3 is 0 Å². The Hall–Kier alpha value is -0.860. The van der Waals surface area contributed by atoms with Crippen molar-refractivity contribution in [1.29, 1.82) is 0 Å². The van der Waals surface area contributed by atoms with E-state index in [2.05, 4.69) is 9.62 Å². The number of halogens is 1. The summed E-state index contributed by atoms with van der Waals surface area (Å²) in [7, 11) is -0.0735. The van der Waals surface area contributed by atoms with E-state index in [-0.39, 0.29) is 16.0 Å². The summed E-state index contributed by atoms with van der Waals surface area (Å²) in [6.07, 6.45) is 0.689. The zero-order chi connectivity index (χ0) is 16.2. The Morgan fingerprint density at radius 2 is 2.27 bits per heavy atom. The van der Waals surface area contributed by atoms with Gasteiger partial charge in [0.25, 0.3) is 0 Å². The van der Waals surface area contributed by atoms with Crippen LogP contribution in [0, 0.1) is 0 Å². The van der Waals surface area contributed by atoms with Gasteiger partial charge in [-0.3, -0.25) is 0 Å². The van der Waals surface area contributed by atoms with Crippen molar-refractivity contribution < 1.29 is 17.9 Å². The molecule has 0 bridgehead atoms. The lowest BCUT2D eigenvalue weighted by Gasteiger charge is -2.30. The average Bonchev–Trinajstić information content (AvgIpc) is 2.47. The van der Waals surface area contributed by atoms with E-state index < -0.39 is 10.0 Å². The van der Waals surface area contributed by atoms with E-state index in [1.807, 2.05) is 7.05 Å². The van der Waals surface area contributed by atoms with E-state index in [1.165, 1.54) is 25.3 Å². The number of methoxy groups -OCH3 is 1. The topological polar surface area (TPSA) is 67.9 Å². The van der Waals surface area contributed by atoms with Gasteiger partial charge in [0.2, 0.25) is 10.0 Å². The quantitative estimate of drug-likeness (QED) is 0.840. The summed E-state index contributed by atoms with van der Waals surface area (Å²) in [4.78, 5) is 2.30. The van der Waals surface area contributed by atoms with Gasteiger partial charge in [-0.05, 0) is 31.7 Å². The molecule has 2 rings (SSSR count). The van der Waals surface area contributed by atoms with E-state index in [4.69, 9.17) is 21.1 Å². The largest absolute Gasteiger partial charge is 0.495 e. The van der Waals surface area contributed by atoms with E-state index in [0.29, 0.717) is 25.3 Å². The monoisotopic (exact) mass is 348 g/mol. The minimum Gasteiger partial charge on any atom is -0.495 e. The molecule has 1 heterocycles. The Bertz CT molecular complexity index is 609. The van der Waals surface area contributed by atoms with Gasteiger partial charge in [-0.15, -0.1) is 0 Å². The maximum absolute atomic E-state index is 12.2. The van der Waals surface area contributed by atoms with E-state index >= 15 is 0 Å². The first kappa shape index (κ1) is 17.5. The maximum atomic E-state index is 12.2. The van der Waals surface area contributed by atoms with Gasteiger partial charge in [0.05, 0.1) is 29.7 Å². The van der Waals surface area contributed by atoms with Crippen LogP contribution < -0.4 is 9.46 Å². The van der Waals surface area contributed by atoms with Crippen molar-refractivity contribution in [1.82, 2.24) is 9.62 Å². The van der Waals surface area contributed by atoms with Crippen molar-refractivity contribution in [3.63, 3.8) is 0 Å². The second-order valence-electron chi connectivity index (χ2n) is 5.24. The third kappa shape index (κ3) is 4.57. The Balaban J connectivity index is 1.92. The molecule has 1 N–H and O–H groups in total. The number of rotatable bonds is 6. The average molecular weight is 349 g/mol. The first-order valence-electron chi connectivity index (χ1n) is 7.06. The fourth-order valence-electron chi connectivity index (χ4n) is 2.29. The van der Waals surface area contributed by atoms with Crippen LogP contribution >= 0.6 is 11.6 Å². The predicted molar refractivity (Wildman–Crippen MR) is 85.0 cm³/mol. The Labute approximate surface area is 136 Å². The molecule has 1 aromatic carbocycles. The van der Waals surface area contributed by atoms with Crippen molar-refractivity contribution in [3.05, 3.63) is 23.2 Å². The molecule has 1 aliphatic rings. The molecule has 22 heavy (non-hydrogen) atoms. The number of nitrogens with zero attached hydrogens (tertiary/aromatic N) is 1. The van der Waals surface area contributed by atoms with Crippen LogP contribution in [0.25, 0.3) is 0 Å². The minimum atomic E-state index is -3.58. The molecule has 1 unspecified atom stereocenters. The second kappa shape index (κ2) is 7.61. The predicted octanol–water partition coefficient (Wildman–Crippen LogP) is 1.35. The van der Waals surface area contributed by atoms with Gasteiger partial charge in [0.1, 0.15) is 5.75 Å². The van der Waals surface area contributed by atoms with Crippen LogP contribution in [0.3, 0.4) is 0 Å². The summed E-state index contributed by atoms with van der Waals surface area (Å²) in [5.41, 5.74) is 0. The normalized spacial score (nSPS) is 20.0. The molecule has 124 valence electrons. The number of sulfonamides is 1. The van der Waals surface area contributed by atoms with Gasteiger partial charge in [0.15, 0.2) is 0 Å². The highest BCUT2D eigenvalue weighted by molar-refractivity contribution is 7.89. The van der Waals surface area contributed by atoms with Crippen LogP contribution in [0.4, 0.5) is 0 Å². The summed E-state index contributed by atoms with van der Waals surface area (Å²) in [6, 6.07) is 4.39. The molecule has 0 radical (unpaired) electrons. The number of hydrogen-bond acceptors (Lipinski definition) is 5. The zero-order valence-corrected chi connectivity index (χ0v) is 14.3. The SMILES string of the molecule is COc1ccc(S(=O)(=O)NCCC2CN(C)CCO2)cc1Cl. The molecule has 0 aromatic heterocycles. The lowest BCUT2D eigenvalue weighted by molar-refractivity contribution is -0.0222. The third-order valence-corrected chi connectivity index (χ3v) is 5.29. The van der Waals surface area contributed by atoms with Crippen LogP contribution in [0.15, 0.2) is 23.1 Å². The fraction of sp³-hybridized carbons (Fsp3) is 0.571. The number of hydrogen-bond donors (Lipinski definition) is 1. The lowest BCUT2D eigenvalue weighted by atomic mass is 10.2. The highest BCUT2D eigenvalue weighted by atomic mass is 35.5. The smallest absolute Gasteiger partial charge is 0.240 e. The zero-order valence-electron chi connectivity index (χ0n) is 12.7. The second-order valence-corrected chi connectivity index (χ2v) is 7.41. The van der Waals surface area contributed by atoms with Gasteiger partial charge < -0.3 is 14.4 Å². The van der Waals surface area contributed by atoms with E-state index in [9.17, 15) is 8.42 Å². The Morgan fingerprint density at radius 3 is 2.91 bits per heavy atom. The van der Waals surface area contributed by atoms with Crippen molar-refractivity contribution >= 4 is 21.6 Å². The molecule has 0 spiro atoms. The maximum Gasteiger partial charge on any atom is 0.240 e. The van der Waals surface area contributed by atoms with E-state index in [0.717, 1.165) is 13.1 Å². The fourth-order valence-corrected chi connectivity index (χ4v) is 3.69. The third-order valence-electron chi connectivity index (χ3n) is 3.53. The highest BCUT2D eigenvalue weighted by Gasteiger charge is 2.20. The van der Waals surface area contributed by atoms with Crippen molar-refractivity contribution in [2.24, 2.45) is 0 Å². The van der Waals surface area contributed by atoms with Crippen LogP contribution in [0.1, 0.15) is 6.42 Å². The van der Waals surface area contributed by atoms with Gasteiger partial charge in [-0.25, -0.2) is 13.1 Å². The standard InChI is InChI=1S/C14H21ClN2O4S/c1-17-7-8-21-11(10-17)5-6-16-22(18,19)12-3-4-14(20-2)13(15)9-12/h3-4,9,11,16H,5-8,10H2,1-2H3. The van der Waals surface area contributed by atoms with Crippen molar-refractivity contribution in [2.75, 3.05) is 40.4 Å². The van der Waals surface area contributed by atoms with Crippen molar-refractivity contribution in [2.45, 2.75) is 17.4 Å². The lowest BCUT2D eigenvalue weighted by Crippen LogP contribution is -2.41. The Kier molecular flexibility index (Phi) is 6.05. The molecule has 1 aromatic rings. The number of benzene rings is 1. The van der Waals surface area contributed by atoms with Crippen LogP contribution in [0.2, 0.25) is 5.02 Å². The summed E-state index contributed by atoms with van der Waals surface area (Å²) in [5.74, 6) is 0.444. The molecule has 1 atom stereocenters.